The number of aliphatic carboxylic acids is 1. The fourth-order valence-corrected chi connectivity index (χ4v) is 3.63. The van der Waals surface area contributed by atoms with Crippen LogP contribution in [0.25, 0.3) is 29.1 Å². The smallest absolute Gasteiger partial charge is 0.475 e. The van der Waals surface area contributed by atoms with Crippen molar-refractivity contribution in [3.8, 4) is 16.9 Å². The normalized spacial score (nSPS) is 13.0. The number of nitrogens with one attached hydrogen (secondary N) is 2. The molecule has 10 heteroatoms. The fourth-order valence-electron chi connectivity index (χ4n) is 3.63. The maximum Gasteiger partial charge on any atom is 0.490 e. The number of H-pyrrole nitrogens is 1. The molecule has 7 nitrogen and oxygen atoms in total. The van der Waals surface area contributed by atoms with Crippen LogP contribution in [-0.4, -0.2) is 44.2 Å². The van der Waals surface area contributed by atoms with Gasteiger partial charge in [0.1, 0.15) is 0 Å². The van der Waals surface area contributed by atoms with Gasteiger partial charge in [0.25, 0.3) is 5.91 Å². The highest BCUT2D eigenvalue weighted by atomic mass is 19.4. The minimum atomic E-state index is -5.08. The number of nitrogens with zero attached hydrogens (tertiary/aromatic N) is 2. The Morgan fingerprint density at radius 3 is 2.50 bits per heavy atom. The first kappa shape index (κ1) is 24.5. The van der Waals surface area contributed by atoms with Crippen LogP contribution in [-0.2, 0) is 11.2 Å². The van der Waals surface area contributed by atoms with Crippen molar-refractivity contribution in [1.29, 1.82) is 0 Å². The number of hydrogen-bond acceptors (Lipinski definition) is 3. The van der Waals surface area contributed by atoms with Gasteiger partial charge in [0.05, 0.1) is 11.3 Å². The molecule has 1 aliphatic rings. The zero-order chi connectivity index (χ0) is 25.7. The summed E-state index contributed by atoms with van der Waals surface area (Å²) in [4.78, 5) is 28.8. The molecule has 0 unspecified atom stereocenters. The largest absolute Gasteiger partial charge is 0.490 e. The number of pyridine rings is 1. The maximum atomic E-state index is 12.0. The summed E-state index contributed by atoms with van der Waals surface area (Å²) in [7, 11) is 0. The van der Waals surface area contributed by atoms with Crippen LogP contribution < -0.4 is 5.32 Å². The van der Waals surface area contributed by atoms with Crippen molar-refractivity contribution in [2.24, 2.45) is 0 Å². The Labute approximate surface area is 203 Å². The summed E-state index contributed by atoms with van der Waals surface area (Å²) in [5.74, 6) is -2.77. The predicted octanol–water partition coefficient (Wildman–Crippen LogP) is 4.96. The van der Waals surface area contributed by atoms with Crippen LogP contribution in [0, 0.1) is 0 Å². The standard InChI is InChI=1S/C24H20N4O.C2HF3O2/c29-24-21-16-23(27-22(21)9-11-26-24)18-8-10-25-19(15-18)7-6-17-4-3-5-20(14-17)28-12-1-2-13-28;3-2(4,5)1(6)7/h1-8,10,12-16,27H,9,11H2,(H,26,29);(H,6,7)/b7-6+;. The average molecular weight is 494 g/mol. The van der Waals surface area contributed by atoms with Gasteiger partial charge in [-0.05, 0) is 54.1 Å². The minimum Gasteiger partial charge on any atom is -0.475 e. The van der Waals surface area contributed by atoms with Crippen LogP contribution in [0.1, 0.15) is 27.3 Å². The molecular formula is C26H21F3N4O3. The molecule has 4 aromatic rings. The predicted molar refractivity (Wildman–Crippen MR) is 128 cm³/mol. The van der Waals surface area contributed by atoms with E-state index in [-0.39, 0.29) is 5.91 Å². The fraction of sp³-hybridized carbons (Fsp3) is 0.115. The summed E-state index contributed by atoms with van der Waals surface area (Å²) in [6.07, 6.45) is 5.68. The molecule has 0 radical (unpaired) electrons. The third-order valence-corrected chi connectivity index (χ3v) is 5.36. The molecule has 36 heavy (non-hydrogen) atoms. The number of rotatable bonds is 4. The molecule has 184 valence electrons. The highest BCUT2D eigenvalue weighted by molar-refractivity contribution is 5.97. The molecule has 4 heterocycles. The number of hydrogen-bond donors (Lipinski definition) is 3. The second-order valence-electron chi connectivity index (χ2n) is 7.87. The number of carbonyl (C=O) groups excluding carboxylic acids is 1. The van der Waals surface area contributed by atoms with Crippen LogP contribution in [0.4, 0.5) is 13.2 Å². The number of aromatic amines is 1. The second-order valence-corrected chi connectivity index (χ2v) is 7.87. The van der Waals surface area contributed by atoms with Gasteiger partial charge in [-0.25, -0.2) is 4.79 Å². The summed E-state index contributed by atoms with van der Waals surface area (Å²) in [5, 5.41) is 10.0. The number of alkyl halides is 3. The Bertz CT molecular complexity index is 1410. The number of carboxylic acid groups (broad SMARTS) is 1. The van der Waals surface area contributed by atoms with Crippen molar-refractivity contribution in [3.63, 3.8) is 0 Å². The van der Waals surface area contributed by atoms with Crippen molar-refractivity contribution in [3.05, 3.63) is 95.7 Å². The second kappa shape index (κ2) is 10.3. The van der Waals surface area contributed by atoms with Crippen molar-refractivity contribution in [1.82, 2.24) is 19.9 Å². The highest BCUT2D eigenvalue weighted by Crippen LogP contribution is 2.25. The number of carbonyl (C=O) groups is 2. The molecule has 3 aromatic heterocycles. The molecular weight excluding hydrogens is 473 g/mol. The summed E-state index contributed by atoms with van der Waals surface area (Å²) in [6.45, 7) is 0.679. The SMILES string of the molecule is O=C(O)C(F)(F)F.O=C1NCCc2[nH]c(-c3ccnc(/C=C/c4cccc(-n5cccc5)c4)c3)cc21. The maximum absolute atomic E-state index is 12.0. The molecule has 1 aliphatic heterocycles. The Morgan fingerprint density at radius 2 is 1.81 bits per heavy atom. The van der Waals surface area contributed by atoms with Gasteiger partial charge in [0.2, 0.25) is 0 Å². The van der Waals surface area contributed by atoms with Gasteiger partial charge in [-0.3, -0.25) is 9.78 Å². The monoisotopic (exact) mass is 494 g/mol. The number of aromatic nitrogens is 3. The van der Waals surface area contributed by atoms with Crippen molar-refractivity contribution in [2.75, 3.05) is 6.54 Å². The van der Waals surface area contributed by atoms with E-state index in [9.17, 15) is 18.0 Å². The zero-order valence-electron chi connectivity index (χ0n) is 18.8. The first-order valence-electron chi connectivity index (χ1n) is 10.9. The lowest BCUT2D eigenvalue weighted by Crippen LogP contribution is -2.31. The number of benzene rings is 1. The topological polar surface area (TPSA) is 100 Å². The quantitative estimate of drug-likeness (QED) is 0.374. The lowest BCUT2D eigenvalue weighted by Gasteiger charge is -2.10. The van der Waals surface area contributed by atoms with Crippen LogP contribution in [0.2, 0.25) is 0 Å². The van der Waals surface area contributed by atoms with E-state index in [0.29, 0.717) is 6.54 Å². The number of amides is 1. The van der Waals surface area contributed by atoms with E-state index in [2.05, 4.69) is 44.1 Å². The van der Waals surface area contributed by atoms with Gasteiger partial charge in [0.15, 0.2) is 0 Å². The Balaban J connectivity index is 0.000000384. The lowest BCUT2D eigenvalue weighted by atomic mass is 10.1. The molecule has 1 aromatic carbocycles. The van der Waals surface area contributed by atoms with Gasteiger partial charge >= 0.3 is 12.1 Å². The minimum absolute atomic E-state index is 0.00880. The molecule has 1 amide bonds. The van der Waals surface area contributed by atoms with Crippen LogP contribution in [0.15, 0.2) is 73.2 Å². The van der Waals surface area contributed by atoms with Crippen LogP contribution in [0.5, 0.6) is 0 Å². The van der Waals surface area contributed by atoms with E-state index in [4.69, 9.17) is 9.90 Å². The average Bonchev–Trinajstić information content (AvgIpc) is 3.54. The van der Waals surface area contributed by atoms with Gasteiger partial charge < -0.3 is 20.0 Å². The first-order chi connectivity index (χ1) is 17.2. The van der Waals surface area contributed by atoms with Crippen LogP contribution in [0.3, 0.4) is 0 Å². The van der Waals surface area contributed by atoms with E-state index >= 15 is 0 Å². The molecule has 0 fully saturated rings. The summed E-state index contributed by atoms with van der Waals surface area (Å²) < 4.78 is 33.8. The third-order valence-electron chi connectivity index (χ3n) is 5.36. The molecule has 0 atom stereocenters. The Morgan fingerprint density at radius 1 is 1.06 bits per heavy atom. The van der Waals surface area contributed by atoms with Gasteiger partial charge in [-0.2, -0.15) is 13.2 Å². The molecule has 0 spiro atoms. The first-order valence-corrected chi connectivity index (χ1v) is 10.9. The number of halogens is 3. The Kier molecular flexibility index (Phi) is 7.05. The highest BCUT2D eigenvalue weighted by Gasteiger charge is 2.38. The van der Waals surface area contributed by atoms with E-state index in [1.165, 1.54) is 0 Å². The molecule has 3 N–H and O–H groups in total. The summed E-state index contributed by atoms with van der Waals surface area (Å²) >= 11 is 0. The van der Waals surface area contributed by atoms with E-state index in [0.717, 1.165) is 45.9 Å². The molecule has 0 saturated heterocycles. The van der Waals surface area contributed by atoms with Crippen molar-refractivity contribution >= 4 is 24.0 Å². The zero-order valence-corrected chi connectivity index (χ0v) is 18.8. The van der Waals surface area contributed by atoms with E-state index < -0.39 is 12.1 Å². The van der Waals surface area contributed by atoms with E-state index in [1.807, 2.05) is 54.9 Å². The van der Waals surface area contributed by atoms with Crippen LogP contribution >= 0.6 is 0 Å². The van der Waals surface area contributed by atoms with Crippen molar-refractivity contribution < 1.29 is 27.9 Å². The molecule has 0 bridgehead atoms. The molecule has 0 saturated carbocycles. The van der Waals surface area contributed by atoms with Crippen molar-refractivity contribution in [2.45, 2.75) is 12.6 Å². The van der Waals surface area contributed by atoms with E-state index in [1.54, 1.807) is 6.20 Å². The number of fused-ring (bicyclic) bond motifs is 1. The lowest BCUT2D eigenvalue weighted by molar-refractivity contribution is -0.192. The van der Waals surface area contributed by atoms with Gasteiger partial charge in [0, 0.05) is 54.2 Å². The Hall–Kier alpha value is -4.60. The van der Waals surface area contributed by atoms with Gasteiger partial charge in [-0.15, -0.1) is 0 Å². The third kappa shape index (κ3) is 5.90. The number of carboxylic acids is 1. The summed E-state index contributed by atoms with van der Waals surface area (Å²) in [5.41, 5.74) is 6.79. The summed E-state index contributed by atoms with van der Waals surface area (Å²) in [6, 6.07) is 18.3. The molecule has 0 aliphatic carbocycles. The van der Waals surface area contributed by atoms with Gasteiger partial charge in [-0.1, -0.05) is 18.2 Å². The molecule has 5 rings (SSSR count).